The number of anilines is 1. The van der Waals surface area contributed by atoms with Crippen LogP contribution in [0.2, 0.25) is 0 Å². The molecule has 1 N–H and O–H groups in total. The first-order chi connectivity index (χ1) is 10.1. The molecule has 0 saturated heterocycles. The van der Waals surface area contributed by atoms with E-state index in [1.54, 1.807) is 18.7 Å². The highest BCUT2D eigenvalue weighted by molar-refractivity contribution is 7.98. The highest BCUT2D eigenvalue weighted by Crippen LogP contribution is 2.20. The van der Waals surface area contributed by atoms with E-state index in [1.807, 2.05) is 61.7 Å². The molecule has 2 rings (SSSR count). The summed E-state index contributed by atoms with van der Waals surface area (Å²) in [4.78, 5) is 13.3. The molecule has 110 valence electrons. The maximum Gasteiger partial charge on any atom is 0.265 e. The average Bonchev–Trinajstić information content (AvgIpc) is 2.50. The number of carbonyl (C=O) groups is 1. The maximum absolute atomic E-state index is 12.2. The van der Waals surface area contributed by atoms with Crippen molar-refractivity contribution in [2.24, 2.45) is 0 Å². The van der Waals surface area contributed by atoms with Crippen LogP contribution in [0.3, 0.4) is 0 Å². The highest BCUT2D eigenvalue weighted by atomic mass is 32.2. The van der Waals surface area contributed by atoms with E-state index in [2.05, 4.69) is 5.32 Å². The van der Waals surface area contributed by atoms with E-state index < -0.39 is 6.10 Å². The molecule has 0 aliphatic rings. The smallest absolute Gasteiger partial charge is 0.265 e. The van der Waals surface area contributed by atoms with E-state index in [0.29, 0.717) is 5.75 Å². The first-order valence-electron chi connectivity index (χ1n) is 6.77. The average molecular weight is 301 g/mol. The molecule has 0 aliphatic carbocycles. The lowest BCUT2D eigenvalue weighted by atomic mass is 10.2. The number of thioether (sulfide) groups is 1. The fourth-order valence-electron chi connectivity index (χ4n) is 1.86. The quantitative estimate of drug-likeness (QED) is 0.844. The molecule has 0 spiro atoms. The number of hydrogen-bond acceptors (Lipinski definition) is 3. The first kappa shape index (κ1) is 15.4. The van der Waals surface area contributed by atoms with Crippen molar-refractivity contribution in [1.82, 2.24) is 0 Å². The minimum Gasteiger partial charge on any atom is -0.481 e. The summed E-state index contributed by atoms with van der Waals surface area (Å²) in [6.45, 7) is 3.71. The number of benzene rings is 2. The van der Waals surface area contributed by atoms with Crippen molar-refractivity contribution in [3.8, 4) is 5.75 Å². The lowest BCUT2D eigenvalue weighted by molar-refractivity contribution is -0.122. The Balaban J connectivity index is 1.97. The Morgan fingerprint density at radius 1 is 1.14 bits per heavy atom. The van der Waals surface area contributed by atoms with Gasteiger partial charge in [0.05, 0.1) is 0 Å². The summed E-state index contributed by atoms with van der Waals surface area (Å²) in [6, 6.07) is 15.4. The SMILES string of the molecule is CSc1ccc(OC(C)C(=O)Nc2ccccc2C)cc1. The fourth-order valence-corrected chi connectivity index (χ4v) is 2.27. The fraction of sp³-hybridized carbons (Fsp3) is 0.235. The van der Waals surface area contributed by atoms with Gasteiger partial charge < -0.3 is 10.1 Å². The molecule has 0 radical (unpaired) electrons. The molecule has 21 heavy (non-hydrogen) atoms. The van der Waals surface area contributed by atoms with Gasteiger partial charge in [-0.05, 0) is 56.0 Å². The molecule has 0 aromatic heterocycles. The third-order valence-electron chi connectivity index (χ3n) is 3.14. The predicted molar refractivity (Wildman–Crippen MR) is 88.1 cm³/mol. The van der Waals surface area contributed by atoms with E-state index in [4.69, 9.17) is 4.74 Å². The second-order valence-electron chi connectivity index (χ2n) is 4.74. The van der Waals surface area contributed by atoms with Crippen molar-refractivity contribution in [3.05, 3.63) is 54.1 Å². The van der Waals surface area contributed by atoms with Crippen LogP contribution in [0.1, 0.15) is 12.5 Å². The number of carbonyl (C=O) groups excluding carboxylic acids is 1. The third kappa shape index (κ3) is 4.26. The Bertz CT molecular complexity index is 610. The van der Waals surface area contributed by atoms with Gasteiger partial charge in [-0.1, -0.05) is 18.2 Å². The summed E-state index contributed by atoms with van der Waals surface area (Å²) in [5, 5.41) is 2.88. The van der Waals surface area contributed by atoms with Gasteiger partial charge >= 0.3 is 0 Å². The molecule has 0 saturated carbocycles. The summed E-state index contributed by atoms with van der Waals surface area (Å²) in [5.74, 6) is 0.540. The molecule has 2 aromatic rings. The number of ether oxygens (including phenoxy) is 1. The third-order valence-corrected chi connectivity index (χ3v) is 3.89. The lowest BCUT2D eigenvalue weighted by Gasteiger charge is -2.15. The van der Waals surface area contributed by atoms with Crippen molar-refractivity contribution < 1.29 is 9.53 Å². The molecule has 0 fully saturated rings. The standard InChI is InChI=1S/C17H19NO2S/c1-12-6-4-5-7-16(12)18-17(19)13(2)20-14-8-10-15(21-3)11-9-14/h4-11,13H,1-3H3,(H,18,19). The van der Waals surface area contributed by atoms with E-state index in [0.717, 1.165) is 11.3 Å². The van der Waals surface area contributed by atoms with E-state index >= 15 is 0 Å². The predicted octanol–water partition coefficient (Wildman–Crippen LogP) is 4.12. The topological polar surface area (TPSA) is 38.3 Å². The maximum atomic E-state index is 12.2. The lowest BCUT2D eigenvalue weighted by Crippen LogP contribution is -2.30. The monoisotopic (exact) mass is 301 g/mol. The van der Waals surface area contributed by atoms with Crippen molar-refractivity contribution in [3.63, 3.8) is 0 Å². The Labute approximate surface area is 129 Å². The van der Waals surface area contributed by atoms with Crippen LogP contribution in [0, 0.1) is 6.92 Å². The minimum atomic E-state index is -0.551. The number of amides is 1. The van der Waals surface area contributed by atoms with Gasteiger partial charge in [0.2, 0.25) is 0 Å². The largest absolute Gasteiger partial charge is 0.481 e. The Hall–Kier alpha value is -1.94. The number of aryl methyl sites for hydroxylation is 1. The van der Waals surface area contributed by atoms with Crippen LogP contribution in [0.25, 0.3) is 0 Å². The summed E-state index contributed by atoms with van der Waals surface area (Å²) in [5.41, 5.74) is 1.85. The van der Waals surface area contributed by atoms with Gasteiger partial charge in [-0.15, -0.1) is 11.8 Å². The van der Waals surface area contributed by atoms with Crippen molar-refractivity contribution in [2.45, 2.75) is 24.8 Å². The van der Waals surface area contributed by atoms with Crippen LogP contribution in [-0.4, -0.2) is 18.3 Å². The molecular weight excluding hydrogens is 282 g/mol. The van der Waals surface area contributed by atoms with Gasteiger partial charge in [-0.3, -0.25) is 4.79 Å². The van der Waals surface area contributed by atoms with Gasteiger partial charge in [0.25, 0.3) is 5.91 Å². The van der Waals surface area contributed by atoms with Crippen LogP contribution < -0.4 is 10.1 Å². The normalized spacial score (nSPS) is 11.8. The zero-order chi connectivity index (χ0) is 15.2. The summed E-state index contributed by atoms with van der Waals surface area (Å²) in [7, 11) is 0. The van der Waals surface area contributed by atoms with Crippen LogP contribution >= 0.6 is 11.8 Å². The van der Waals surface area contributed by atoms with Gasteiger partial charge in [0, 0.05) is 10.6 Å². The molecule has 4 heteroatoms. The van der Waals surface area contributed by atoms with Crippen LogP contribution in [-0.2, 0) is 4.79 Å². The number of para-hydroxylation sites is 1. The van der Waals surface area contributed by atoms with Gasteiger partial charge in [0.15, 0.2) is 6.10 Å². The minimum absolute atomic E-state index is 0.154. The van der Waals surface area contributed by atoms with Crippen LogP contribution in [0.4, 0.5) is 5.69 Å². The Kier molecular flexibility index (Phi) is 5.28. The Morgan fingerprint density at radius 2 is 1.81 bits per heavy atom. The van der Waals surface area contributed by atoms with Crippen LogP contribution in [0.5, 0.6) is 5.75 Å². The zero-order valence-electron chi connectivity index (χ0n) is 12.4. The molecule has 2 aromatic carbocycles. The second-order valence-corrected chi connectivity index (χ2v) is 5.62. The molecule has 1 unspecified atom stereocenters. The van der Waals surface area contributed by atoms with E-state index in [-0.39, 0.29) is 5.91 Å². The molecular formula is C17H19NO2S. The van der Waals surface area contributed by atoms with Crippen LogP contribution in [0.15, 0.2) is 53.4 Å². The van der Waals surface area contributed by atoms with E-state index in [1.165, 1.54) is 4.90 Å². The number of rotatable bonds is 5. The van der Waals surface area contributed by atoms with Crippen molar-refractivity contribution >= 4 is 23.4 Å². The number of hydrogen-bond donors (Lipinski definition) is 1. The number of nitrogens with one attached hydrogen (secondary N) is 1. The van der Waals surface area contributed by atoms with E-state index in [9.17, 15) is 4.79 Å². The van der Waals surface area contributed by atoms with Gasteiger partial charge in [-0.2, -0.15) is 0 Å². The molecule has 3 nitrogen and oxygen atoms in total. The summed E-state index contributed by atoms with van der Waals surface area (Å²) >= 11 is 1.67. The first-order valence-corrected chi connectivity index (χ1v) is 8.00. The molecule has 0 aliphatic heterocycles. The molecule has 1 atom stereocenters. The Morgan fingerprint density at radius 3 is 2.43 bits per heavy atom. The zero-order valence-corrected chi connectivity index (χ0v) is 13.2. The summed E-state index contributed by atoms with van der Waals surface area (Å²) in [6.07, 6.45) is 1.47. The van der Waals surface area contributed by atoms with Crippen molar-refractivity contribution in [2.75, 3.05) is 11.6 Å². The molecule has 1 amide bonds. The highest BCUT2D eigenvalue weighted by Gasteiger charge is 2.15. The second kappa shape index (κ2) is 7.18. The molecule has 0 heterocycles. The van der Waals surface area contributed by atoms with Gasteiger partial charge in [0.1, 0.15) is 5.75 Å². The van der Waals surface area contributed by atoms with Crippen molar-refractivity contribution in [1.29, 1.82) is 0 Å². The van der Waals surface area contributed by atoms with Gasteiger partial charge in [-0.25, -0.2) is 0 Å². The molecule has 0 bridgehead atoms. The summed E-state index contributed by atoms with van der Waals surface area (Å²) < 4.78 is 5.67.